The van der Waals surface area contributed by atoms with Crippen LogP contribution in [0.2, 0.25) is 0 Å². The molecule has 3 heteroatoms. The van der Waals surface area contributed by atoms with Gasteiger partial charge in [-0.05, 0) is 29.7 Å². The zero-order chi connectivity index (χ0) is 22.9. The van der Waals surface area contributed by atoms with Crippen molar-refractivity contribution in [1.82, 2.24) is 0 Å². The third-order valence-corrected chi connectivity index (χ3v) is 7.03. The maximum atomic E-state index is 5.79. The molecule has 1 atom stereocenters. The van der Waals surface area contributed by atoms with E-state index in [0.717, 1.165) is 18.8 Å². The van der Waals surface area contributed by atoms with Crippen LogP contribution >= 0.6 is 9.03 Å². The summed E-state index contributed by atoms with van der Waals surface area (Å²) in [5, 5.41) is 0. The molecule has 0 aliphatic heterocycles. The molecule has 2 rings (SSSR count). The summed E-state index contributed by atoms with van der Waals surface area (Å²) in [5.74, 6) is 0.880. The maximum Gasteiger partial charge on any atom is 0.215 e. The highest BCUT2D eigenvalue weighted by molar-refractivity contribution is 7.26. The van der Waals surface area contributed by atoms with Gasteiger partial charge in [-0.2, -0.15) is 0 Å². The average molecular weight is 457 g/mol. The molecule has 0 amide bonds. The molecule has 0 saturated heterocycles. The largest absolute Gasteiger partial charge is 0.450 e. The van der Waals surface area contributed by atoms with Crippen LogP contribution in [-0.4, -0.2) is 6.61 Å². The first-order chi connectivity index (χ1) is 15.6. The van der Waals surface area contributed by atoms with Gasteiger partial charge in [0.15, 0.2) is 0 Å². The summed E-state index contributed by atoms with van der Waals surface area (Å²) in [6.45, 7) is 7.61. The van der Waals surface area contributed by atoms with Gasteiger partial charge in [0, 0.05) is 5.41 Å². The summed E-state index contributed by atoms with van der Waals surface area (Å²) >= 11 is 0. The van der Waals surface area contributed by atoms with Gasteiger partial charge >= 0.3 is 0 Å². The molecule has 0 saturated carbocycles. The van der Waals surface area contributed by atoms with E-state index in [1.165, 1.54) is 81.8 Å². The normalized spacial score (nSPS) is 12.0. The molecule has 0 N–H and O–H groups in total. The standard InChI is InChI=1S/C29H45O2P/c1-4-5-6-7-8-9-10-11-12-13-14-18-25-30-32-31-28-23-21-27(22-24-28)29(2,3)26-19-16-15-17-20-26/h15-17,19-24,32H,4-14,18,25H2,1-3H3. The van der Waals surface area contributed by atoms with Crippen LogP contribution in [0.15, 0.2) is 54.6 Å². The number of hydrogen-bond acceptors (Lipinski definition) is 2. The first kappa shape index (κ1) is 26.9. The van der Waals surface area contributed by atoms with Crippen molar-refractivity contribution in [2.45, 2.75) is 103 Å². The Morgan fingerprint density at radius 1 is 0.625 bits per heavy atom. The van der Waals surface area contributed by atoms with Crippen LogP contribution in [0.1, 0.15) is 109 Å². The Bertz CT molecular complexity index is 697. The Morgan fingerprint density at radius 3 is 1.69 bits per heavy atom. The number of hydrogen-bond donors (Lipinski definition) is 0. The van der Waals surface area contributed by atoms with Crippen LogP contribution in [-0.2, 0) is 9.94 Å². The molecule has 0 aliphatic rings. The molecule has 0 heterocycles. The van der Waals surface area contributed by atoms with Gasteiger partial charge in [0.1, 0.15) is 5.75 Å². The zero-order valence-electron chi connectivity index (χ0n) is 20.7. The zero-order valence-corrected chi connectivity index (χ0v) is 21.7. The first-order valence-electron chi connectivity index (χ1n) is 12.8. The Balaban J connectivity index is 1.48. The van der Waals surface area contributed by atoms with Crippen molar-refractivity contribution >= 4 is 9.03 Å². The summed E-state index contributed by atoms with van der Waals surface area (Å²) in [7, 11) is 0.0774. The Labute approximate surface area is 199 Å². The van der Waals surface area contributed by atoms with Gasteiger partial charge < -0.3 is 9.05 Å². The molecule has 0 spiro atoms. The molecule has 2 aromatic carbocycles. The lowest BCUT2D eigenvalue weighted by Crippen LogP contribution is -2.18. The van der Waals surface area contributed by atoms with E-state index in [1.807, 2.05) is 0 Å². The Kier molecular flexibility index (Phi) is 13.7. The molecular formula is C29H45O2P. The molecule has 32 heavy (non-hydrogen) atoms. The second-order valence-corrected chi connectivity index (χ2v) is 10.1. The van der Waals surface area contributed by atoms with Crippen molar-refractivity contribution in [3.63, 3.8) is 0 Å². The van der Waals surface area contributed by atoms with Gasteiger partial charge in [0.2, 0.25) is 9.03 Å². The topological polar surface area (TPSA) is 18.5 Å². The summed E-state index contributed by atoms with van der Waals surface area (Å²) in [6, 6.07) is 19.1. The third kappa shape index (κ3) is 10.5. The molecule has 0 aliphatic carbocycles. The minimum absolute atomic E-state index is 0.0206. The molecule has 178 valence electrons. The number of unbranched alkanes of at least 4 members (excludes halogenated alkanes) is 11. The van der Waals surface area contributed by atoms with Gasteiger partial charge in [0.05, 0.1) is 6.61 Å². The molecule has 0 radical (unpaired) electrons. The molecule has 0 fully saturated rings. The van der Waals surface area contributed by atoms with Crippen LogP contribution in [0.3, 0.4) is 0 Å². The molecule has 1 unspecified atom stereocenters. The second kappa shape index (κ2) is 16.3. The van der Waals surface area contributed by atoms with E-state index < -0.39 is 0 Å². The van der Waals surface area contributed by atoms with E-state index in [-0.39, 0.29) is 14.4 Å². The Hall–Kier alpha value is -1.37. The van der Waals surface area contributed by atoms with Gasteiger partial charge in [-0.1, -0.05) is 134 Å². The van der Waals surface area contributed by atoms with Crippen molar-refractivity contribution < 1.29 is 9.05 Å². The highest BCUT2D eigenvalue weighted by Crippen LogP contribution is 2.33. The first-order valence-corrected chi connectivity index (χ1v) is 13.7. The van der Waals surface area contributed by atoms with E-state index in [1.54, 1.807) is 0 Å². The molecule has 0 aromatic heterocycles. The second-order valence-electron chi connectivity index (χ2n) is 9.44. The van der Waals surface area contributed by atoms with E-state index in [4.69, 9.17) is 9.05 Å². The van der Waals surface area contributed by atoms with Crippen molar-refractivity contribution in [3.8, 4) is 5.75 Å². The highest BCUT2D eigenvalue weighted by Gasteiger charge is 2.22. The highest BCUT2D eigenvalue weighted by atomic mass is 31.1. The summed E-state index contributed by atoms with van der Waals surface area (Å²) in [6.07, 6.45) is 16.4. The number of benzene rings is 2. The quantitative estimate of drug-likeness (QED) is 0.164. The van der Waals surface area contributed by atoms with Crippen LogP contribution < -0.4 is 4.52 Å². The summed E-state index contributed by atoms with van der Waals surface area (Å²) < 4.78 is 11.5. The van der Waals surface area contributed by atoms with E-state index >= 15 is 0 Å². The third-order valence-electron chi connectivity index (χ3n) is 6.39. The van der Waals surface area contributed by atoms with Crippen LogP contribution in [0, 0.1) is 0 Å². The van der Waals surface area contributed by atoms with E-state index in [2.05, 4.69) is 75.4 Å². The number of rotatable bonds is 18. The summed E-state index contributed by atoms with van der Waals surface area (Å²) in [5.41, 5.74) is 2.59. The predicted octanol–water partition coefficient (Wildman–Crippen LogP) is 9.62. The average Bonchev–Trinajstić information content (AvgIpc) is 2.82. The minimum Gasteiger partial charge on any atom is -0.450 e. The van der Waals surface area contributed by atoms with Crippen molar-refractivity contribution in [2.24, 2.45) is 0 Å². The van der Waals surface area contributed by atoms with Crippen LogP contribution in [0.25, 0.3) is 0 Å². The predicted molar refractivity (Wildman–Crippen MR) is 141 cm³/mol. The molecule has 2 aromatic rings. The minimum atomic E-state index is -0.0206. The maximum absolute atomic E-state index is 5.79. The lowest BCUT2D eigenvalue weighted by molar-refractivity contribution is 0.316. The fourth-order valence-corrected chi connectivity index (χ4v) is 4.61. The lowest BCUT2D eigenvalue weighted by Gasteiger charge is -2.26. The van der Waals surface area contributed by atoms with Crippen molar-refractivity contribution in [3.05, 3.63) is 65.7 Å². The fraction of sp³-hybridized carbons (Fsp3) is 0.586. The smallest absolute Gasteiger partial charge is 0.215 e. The van der Waals surface area contributed by atoms with E-state index in [0.29, 0.717) is 0 Å². The fourth-order valence-electron chi connectivity index (χ4n) is 4.10. The van der Waals surface area contributed by atoms with Crippen LogP contribution in [0.5, 0.6) is 5.75 Å². The van der Waals surface area contributed by atoms with Gasteiger partial charge in [0.25, 0.3) is 0 Å². The van der Waals surface area contributed by atoms with Gasteiger partial charge in [-0.3, -0.25) is 0 Å². The van der Waals surface area contributed by atoms with E-state index in [9.17, 15) is 0 Å². The Morgan fingerprint density at radius 2 is 1.12 bits per heavy atom. The van der Waals surface area contributed by atoms with Gasteiger partial charge in [-0.15, -0.1) is 0 Å². The van der Waals surface area contributed by atoms with Gasteiger partial charge in [-0.25, -0.2) is 0 Å². The molecule has 0 bridgehead atoms. The molecular weight excluding hydrogens is 411 g/mol. The van der Waals surface area contributed by atoms with Crippen LogP contribution in [0.4, 0.5) is 0 Å². The summed E-state index contributed by atoms with van der Waals surface area (Å²) in [4.78, 5) is 0. The molecule has 2 nitrogen and oxygen atoms in total. The van der Waals surface area contributed by atoms with Crippen molar-refractivity contribution in [1.29, 1.82) is 0 Å². The lowest BCUT2D eigenvalue weighted by atomic mass is 9.78. The monoisotopic (exact) mass is 456 g/mol. The van der Waals surface area contributed by atoms with Crippen molar-refractivity contribution in [2.75, 3.05) is 6.61 Å². The SMILES string of the molecule is CCCCCCCCCCCCCCOPOc1ccc(C(C)(C)c2ccccc2)cc1.